The Hall–Kier alpha value is -8.46. The SMILES string of the molecule is CC1(C)c2ccccc2-c2cccc(N(c3ccc(-c4ccc(N(c5ccc(-c6cccc(-c7ccccc7)c6)cc5)c5cccc6ccccc56)cc4)cc3)c3cccc4ccccc34)c21. The van der Waals surface area contributed by atoms with Gasteiger partial charge in [0.2, 0.25) is 0 Å². The second-order valence-corrected chi connectivity index (χ2v) is 18.1. The molecule has 0 fully saturated rings. The Balaban J connectivity index is 0.914. The molecule has 318 valence electrons. The average Bonchev–Trinajstić information content (AvgIpc) is 3.63. The highest BCUT2D eigenvalue weighted by Gasteiger charge is 2.39. The fourth-order valence-electron chi connectivity index (χ4n) is 10.6. The molecule has 1 aliphatic rings. The van der Waals surface area contributed by atoms with Crippen LogP contribution in [0.15, 0.2) is 255 Å². The zero-order valence-corrected chi connectivity index (χ0v) is 37.6. The Morgan fingerprint density at radius 1 is 0.284 bits per heavy atom. The molecule has 0 spiro atoms. The van der Waals surface area contributed by atoms with Gasteiger partial charge in [-0.3, -0.25) is 0 Å². The molecule has 0 saturated carbocycles. The van der Waals surface area contributed by atoms with Gasteiger partial charge in [0.25, 0.3) is 0 Å². The number of nitrogens with zero attached hydrogens (tertiary/aromatic N) is 2. The first kappa shape index (κ1) is 40.1. The van der Waals surface area contributed by atoms with Gasteiger partial charge >= 0.3 is 0 Å². The molecule has 1 aliphatic carbocycles. The summed E-state index contributed by atoms with van der Waals surface area (Å²) in [7, 11) is 0. The van der Waals surface area contributed by atoms with Crippen LogP contribution >= 0.6 is 0 Å². The summed E-state index contributed by atoms with van der Waals surface area (Å²) in [6, 6.07) is 93.0. The third-order valence-electron chi connectivity index (χ3n) is 13.8. The minimum atomic E-state index is -0.177. The lowest BCUT2D eigenvalue weighted by atomic mass is 9.81. The molecule has 0 heterocycles. The minimum Gasteiger partial charge on any atom is -0.310 e. The predicted octanol–water partition coefficient (Wildman–Crippen LogP) is 18.2. The highest BCUT2D eigenvalue weighted by atomic mass is 15.2. The Kier molecular flexibility index (Phi) is 9.88. The van der Waals surface area contributed by atoms with E-state index in [0.717, 1.165) is 39.6 Å². The monoisotopic (exact) mass is 856 g/mol. The van der Waals surface area contributed by atoms with Crippen LogP contribution in [0.5, 0.6) is 0 Å². The molecule has 2 nitrogen and oxygen atoms in total. The summed E-state index contributed by atoms with van der Waals surface area (Å²) < 4.78 is 0. The van der Waals surface area contributed by atoms with Crippen molar-refractivity contribution < 1.29 is 0 Å². The zero-order chi connectivity index (χ0) is 44.9. The molecular weight excluding hydrogens is 809 g/mol. The van der Waals surface area contributed by atoms with Crippen molar-refractivity contribution in [2.75, 3.05) is 9.80 Å². The third kappa shape index (κ3) is 7.06. The molecule has 0 aliphatic heterocycles. The van der Waals surface area contributed by atoms with Gasteiger partial charge in [0.1, 0.15) is 0 Å². The van der Waals surface area contributed by atoms with Crippen LogP contribution in [-0.4, -0.2) is 0 Å². The molecule has 12 rings (SSSR count). The molecule has 0 aromatic heterocycles. The number of benzene rings is 11. The fraction of sp³-hybridized carbons (Fsp3) is 0.0462. The van der Waals surface area contributed by atoms with Crippen molar-refractivity contribution in [3.05, 3.63) is 266 Å². The number of anilines is 6. The van der Waals surface area contributed by atoms with Gasteiger partial charge < -0.3 is 9.80 Å². The summed E-state index contributed by atoms with van der Waals surface area (Å²) in [5.74, 6) is 0. The Morgan fingerprint density at radius 3 is 1.27 bits per heavy atom. The van der Waals surface area contributed by atoms with Crippen LogP contribution in [0.2, 0.25) is 0 Å². The van der Waals surface area contributed by atoms with E-state index < -0.39 is 0 Å². The third-order valence-corrected chi connectivity index (χ3v) is 13.8. The van der Waals surface area contributed by atoms with Crippen molar-refractivity contribution in [3.8, 4) is 44.5 Å². The van der Waals surface area contributed by atoms with E-state index in [1.54, 1.807) is 0 Å². The molecule has 0 bridgehead atoms. The van der Waals surface area contributed by atoms with Crippen molar-refractivity contribution in [3.63, 3.8) is 0 Å². The number of hydrogen-bond acceptors (Lipinski definition) is 2. The first-order valence-corrected chi connectivity index (χ1v) is 23.3. The van der Waals surface area contributed by atoms with Crippen molar-refractivity contribution in [2.45, 2.75) is 19.3 Å². The number of fused-ring (bicyclic) bond motifs is 5. The summed E-state index contributed by atoms with van der Waals surface area (Å²) in [5.41, 5.74) is 19.1. The van der Waals surface area contributed by atoms with Crippen molar-refractivity contribution >= 4 is 55.7 Å². The molecule has 2 heteroatoms. The first-order chi connectivity index (χ1) is 33.0. The van der Waals surface area contributed by atoms with Gasteiger partial charge in [0, 0.05) is 33.2 Å². The number of rotatable bonds is 9. The maximum Gasteiger partial charge on any atom is 0.0540 e. The largest absolute Gasteiger partial charge is 0.310 e. The average molecular weight is 857 g/mol. The maximum atomic E-state index is 2.48. The summed E-state index contributed by atoms with van der Waals surface area (Å²) in [6.07, 6.45) is 0. The lowest BCUT2D eigenvalue weighted by molar-refractivity contribution is 0.661. The van der Waals surface area contributed by atoms with E-state index in [2.05, 4.69) is 278 Å². The molecule has 11 aromatic carbocycles. The van der Waals surface area contributed by atoms with Gasteiger partial charge in [-0.1, -0.05) is 208 Å². The normalized spacial score (nSPS) is 12.4. The Bertz CT molecular complexity index is 3580. The fourth-order valence-corrected chi connectivity index (χ4v) is 10.6. The molecule has 0 saturated heterocycles. The van der Waals surface area contributed by atoms with Crippen molar-refractivity contribution in [1.29, 1.82) is 0 Å². The van der Waals surface area contributed by atoms with E-state index in [0.29, 0.717) is 0 Å². The molecular formula is C65H48N2. The lowest BCUT2D eigenvalue weighted by Gasteiger charge is -2.33. The molecule has 0 amide bonds. The van der Waals surface area contributed by atoms with Crippen LogP contribution in [-0.2, 0) is 5.41 Å². The summed E-state index contributed by atoms with van der Waals surface area (Å²) >= 11 is 0. The van der Waals surface area contributed by atoms with E-state index >= 15 is 0 Å². The highest BCUT2D eigenvalue weighted by molar-refractivity contribution is 6.02. The Labute approximate surface area is 393 Å². The van der Waals surface area contributed by atoms with Crippen LogP contribution in [0.1, 0.15) is 25.0 Å². The molecule has 0 N–H and O–H groups in total. The van der Waals surface area contributed by atoms with E-state index in [1.165, 1.54) is 71.7 Å². The van der Waals surface area contributed by atoms with Gasteiger partial charge in [-0.25, -0.2) is 0 Å². The summed E-state index contributed by atoms with van der Waals surface area (Å²) in [5, 5.41) is 4.86. The quantitative estimate of drug-likeness (QED) is 0.143. The van der Waals surface area contributed by atoms with Gasteiger partial charge in [0.05, 0.1) is 17.1 Å². The molecule has 67 heavy (non-hydrogen) atoms. The van der Waals surface area contributed by atoms with Crippen LogP contribution in [0, 0.1) is 0 Å². The van der Waals surface area contributed by atoms with Crippen LogP contribution in [0.4, 0.5) is 34.1 Å². The van der Waals surface area contributed by atoms with Crippen LogP contribution in [0.3, 0.4) is 0 Å². The van der Waals surface area contributed by atoms with Gasteiger partial charge in [-0.15, -0.1) is 0 Å². The predicted molar refractivity (Wildman–Crippen MR) is 285 cm³/mol. The van der Waals surface area contributed by atoms with Crippen LogP contribution < -0.4 is 9.80 Å². The summed E-state index contributed by atoms with van der Waals surface area (Å²) in [6.45, 7) is 4.75. The summed E-state index contributed by atoms with van der Waals surface area (Å²) in [4.78, 5) is 4.87. The minimum absolute atomic E-state index is 0.177. The van der Waals surface area contributed by atoms with Gasteiger partial charge in [-0.05, 0) is 127 Å². The topological polar surface area (TPSA) is 6.48 Å². The number of hydrogen-bond donors (Lipinski definition) is 0. The van der Waals surface area contributed by atoms with E-state index in [1.807, 2.05) is 0 Å². The molecule has 0 atom stereocenters. The van der Waals surface area contributed by atoms with E-state index in [-0.39, 0.29) is 5.41 Å². The van der Waals surface area contributed by atoms with E-state index in [9.17, 15) is 0 Å². The molecule has 0 radical (unpaired) electrons. The zero-order valence-electron chi connectivity index (χ0n) is 37.6. The Morgan fingerprint density at radius 2 is 0.672 bits per heavy atom. The lowest BCUT2D eigenvalue weighted by Crippen LogP contribution is -2.20. The van der Waals surface area contributed by atoms with E-state index in [4.69, 9.17) is 0 Å². The standard InChI is InChI=1S/C65H48N2/c1-65(2)60-28-11-10-26-58(60)59-27-15-31-63(64(59)65)67(62-30-14-21-50-19-7-9-25-57(50)62)55-42-34-47(35-43-55)46-32-38-53(39-33-46)66(61-29-13-20-49-18-6-8-24-56(49)61)54-40-36-48(37-41-54)52-23-12-22-51(44-52)45-16-4-3-5-17-45/h3-44H,1-2H3. The molecule has 0 unspecified atom stereocenters. The van der Waals surface area contributed by atoms with Crippen molar-refractivity contribution in [2.24, 2.45) is 0 Å². The van der Waals surface area contributed by atoms with Gasteiger partial charge in [-0.2, -0.15) is 0 Å². The van der Waals surface area contributed by atoms with Crippen molar-refractivity contribution in [1.82, 2.24) is 0 Å². The van der Waals surface area contributed by atoms with Gasteiger partial charge in [0.15, 0.2) is 0 Å². The second kappa shape index (κ2) is 16.5. The smallest absolute Gasteiger partial charge is 0.0540 e. The highest BCUT2D eigenvalue weighted by Crippen LogP contribution is 2.55. The van der Waals surface area contributed by atoms with Crippen LogP contribution in [0.25, 0.3) is 66.1 Å². The first-order valence-electron chi connectivity index (χ1n) is 23.3. The second-order valence-electron chi connectivity index (χ2n) is 18.1. The molecule has 11 aromatic rings. The maximum absolute atomic E-state index is 2.48.